The van der Waals surface area contributed by atoms with Crippen molar-refractivity contribution >= 4 is 46.6 Å². The van der Waals surface area contributed by atoms with E-state index in [-0.39, 0.29) is 0 Å². The Labute approximate surface area is 230 Å². The summed E-state index contributed by atoms with van der Waals surface area (Å²) in [6.07, 6.45) is 0. The summed E-state index contributed by atoms with van der Waals surface area (Å²) in [4.78, 5) is 36.0. The van der Waals surface area contributed by atoms with Crippen LogP contribution in [0.5, 0.6) is 0 Å². The molecule has 0 radical (unpaired) electrons. The van der Waals surface area contributed by atoms with Crippen molar-refractivity contribution in [3.8, 4) is 0 Å². The van der Waals surface area contributed by atoms with Crippen molar-refractivity contribution in [3.63, 3.8) is 0 Å². The van der Waals surface area contributed by atoms with Gasteiger partial charge in [0.15, 0.2) is 0 Å². The third-order valence-corrected chi connectivity index (χ3v) is 5.14. The maximum atomic E-state index is 5.10. The largest absolute Gasteiger partial charge is 0.349 e. The molecule has 1 rings (SSSR count). The van der Waals surface area contributed by atoms with Crippen molar-refractivity contribution in [1.82, 2.24) is 39.2 Å². The molecule has 0 aliphatic carbocycles. The lowest BCUT2D eigenvalue weighted by atomic mass is 10.2. The van der Waals surface area contributed by atoms with Gasteiger partial charge < -0.3 is 39.2 Å². The Morgan fingerprint density at radius 3 is 0.868 bits per heavy atom. The number of benzene rings is 1. The van der Waals surface area contributed by atoms with Gasteiger partial charge in [0, 0.05) is 113 Å². The third kappa shape index (κ3) is 8.70. The van der Waals surface area contributed by atoms with E-state index in [0.717, 1.165) is 29.5 Å². The molecule has 1 aromatic rings. The van der Waals surface area contributed by atoms with Crippen molar-refractivity contribution < 1.29 is 0 Å². The highest BCUT2D eigenvalue weighted by Gasteiger charge is 2.18. The molecule has 0 aliphatic heterocycles. The number of hydrogen-bond acceptors (Lipinski definition) is 4. The molecule has 0 unspecified atom stereocenters. The summed E-state index contributed by atoms with van der Waals surface area (Å²) in [6.45, 7) is 0. The molecule has 0 aliphatic rings. The first kappa shape index (κ1) is 32.3. The van der Waals surface area contributed by atoms with Gasteiger partial charge in [-0.25, -0.2) is 20.0 Å². The summed E-state index contributed by atoms with van der Waals surface area (Å²) >= 11 is 0. The second kappa shape index (κ2) is 13.7. The summed E-state index contributed by atoms with van der Waals surface area (Å²) in [7, 11) is 31.6. The van der Waals surface area contributed by atoms with Crippen LogP contribution in [0.15, 0.2) is 32.1 Å². The van der Waals surface area contributed by atoms with Crippen molar-refractivity contribution in [2.75, 3.05) is 113 Å². The molecular formula is C26H50N12. The Bertz CT molecular complexity index is 953. The highest BCUT2D eigenvalue weighted by atomic mass is 15.4. The first-order chi connectivity index (χ1) is 17.5. The average molecular weight is 531 g/mol. The number of nitrogens with zero attached hydrogens (tertiary/aromatic N) is 12. The molecule has 12 nitrogen and oxygen atoms in total. The van der Waals surface area contributed by atoms with E-state index in [9.17, 15) is 0 Å². The van der Waals surface area contributed by atoms with Gasteiger partial charge in [-0.2, -0.15) is 0 Å². The van der Waals surface area contributed by atoms with Gasteiger partial charge in [-0.15, -0.1) is 0 Å². The van der Waals surface area contributed by atoms with E-state index in [4.69, 9.17) is 20.0 Å². The quantitative estimate of drug-likeness (QED) is 0.433. The third-order valence-electron chi connectivity index (χ3n) is 5.14. The monoisotopic (exact) mass is 530 g/mol. The standard InChI is InChI=1S/C26H50N12/c1-31(2)23(32(3)4)27-19-17-20(28-24(33(5)6)34(7)8)22(30-26(37(13)14)38(15)16)21(18-19)29-25(35(9)10)36(11)12/h17-18H,1-16H3. The molecule has 0 fully saturated rings. The molecule has 0 N–H and O–H groups in total. The molecule has 0 saturated carbocycles. The molecule has 0 amide bonds. The van der Waals surface area contributed by atoms with Crippen LogP contribution in [0.1, 0.15) is 0 Å². The summed E-state index contributed by atoms with van der Waals surface area (Å²) in [5, 5.41) is 0. The average Bonchev–Trinajstić information content (AvgIpc) is 2.76. The lowest BCUT2D eigenvalue weighted by Crippen LogP contribution is -2.35. The van der Waals surface area contributed by atoms with E-state index in [0.29, 0.717) is 17.1 Å². The lowest BCUT2D eigenvalue weighted by Gasteiger charge is -2.26. The maximum Gasteiger partial charge on any atom is 0.200 e. The van der Waals surface area contributed by atoms with Crippen LogP contribution in [0.4, 0.5) is 22.7 Å². The van der Waals surface area contributed by atoms with Crippen LogP contribution in [-0.2, 0) is 0 Å². The van der Waals surface area contributed by atoms with Crippen LogP contribution in [0.3, 0.4) is 0 Å². The minimum absolute atomic E-state index is 0.653. The molecule has 0 saturated heterocycles. The Balaban J connectivity index is 4.39. The number of aliphatic imine (C=N–C) groups is 4. The maximum absolute atomic E-state index is 5.10. The number of rotatable bonds is 4. The molecule has 12 heteroatoms. The van der Waals surface area contributed by atoms with Crippen LogP contribution in [-0.4, -0.2) is 176 Å². The minimum Gasteiger partial charge on any atom is -0.349 e. The molecule has 38 heavy (non-hydrogen) atoms. The summed E-state index contributed by atoms with van der Waals surface area (Å²) in [5.41, 5.74) is 2.71. The van der Waals surface area contributed by atoms with Crippen LogP contribution < -0.4 is 0 Å². The molecular weight excluding hydrogens is 480 g/mol. The molecule has 0 atom stereocenters. The van der Waals surface area contributed by atoms with E-state index in [1.165, 1.54) is 0 Å². The highest BCUT2D eigenvalue weighted by molar-refractivity contribution is 5.95. The summed E-state index contributed by atoms with van der Waals surface area (Å²) in [5.74, 6) is 3.11. The second-order valence-corrected chi connectivity index (χ2v) is 10.6. The number of hydrogen-bond donors (Lipinski definition) is 0. The summed E-state index contributed by atoms with van der Waals surface area (Å²) < 4.78 is 0. The van der Waals surface area contributed by atoms with Crippen LogP contribution in [0.2, 0.25) is 0 Å². The molecule has 0 spiro atoms. The molecule has 0 aromatic heterocycles. The lowest BCUT2D eigenvalue weighted by molar-refractivity contribution is 0.482. The fraction of sp³-hybridized carbons (Fsp3) is 0.615. The molecule has 214 valence electrons. The molecule has 1 aromatic carbocycles. The van der Waals surface area contributed by atoms with E-state index in [1.807, 2.05) is 164 Å². The van der Waals surface area contributed by atoms with Gasteiger partial charge in [0.1, 0.15) is 5.69 Å². The predicted octanol–water partition coefficient (Wildman–Crippen LogP) is 2.13. The number of guanidine groups is 4. The van der Waals surface area contributed by atoms with E-state index in [1.54, 1.807) is 0 Å². The minimum atomic E-state index is 0.653. The Morgan fingerprint density at radius 1 is 0.368 bits per heavy atom. The van der Waals surface area contributed by atoms with Crippen LogP contribution in [0.25, 0.3) is 0 Å². The fourth-order valence-corrected chi connectivity index (χ4v) is 3.77. The van der Waals surface area contributed by atoms with Crippen molar-refractivity contribution in [2.24, 2.45) is 20.0 Å². The normalized spacial score (nSPS) is 10.1. The highest BCUT2D eigenvalue weighted by Crippen LogP contribution is 2.43. The van der Waals surface area contributed by atoms with Crippen LogP contribution >= 0.6 is 0 Å². The summed E-state index contributed by atoms with van der Waals surface area (Å²) in [6, 6.07) is 3.93. The van der Waals surface area contributed by atoms with E-state index < -0.39 is 0 Å². The van der Waals surface area contributed by atoms with Crippen LogP contribution in [0, 0.1) is 0 Å². The van der Waals surface area contributed by atoms with Gasteiger partial charge >= 0.3 is 0 Å². The zero-order valence-electron chi connectivity index (χ0n) is 26.5. The molecule has 0 heterocycles. The van der Waals surface area contributed by atoms with E-state index >= 15 is 0 Å². The van der Waals surface area contributed by atoms with Gasteiger partial charge in [-0.3, -0.25) is 0 Å². The first-order valence-electron chi connectivity index (χ1n) is 12.4. The Morgan fingerprint density at radius 2 is 0.605 bits per heavy atom. The van der Waals surface area contributed by atoms with Crippen molar-refractivity contribution in [3.05, 3.63) is 12.1 Å². The van der Waals surface area contributed by atoms with Gasteiger partial charge in [-0.05, 0) is 12.1 Å². The second-order valence-electron chi connectivity index (χ2n) is 10.6. The SMILES string of the molecule is CN(C)C(=Nc1cc(N=C(N(C)C)N(C)C)c(N=C(N(C)C)N(C)C)c(N=C(N(C)C)N(C)C)c1)N(C)C. The van der Waals surface area contributed by atoms with Gasteiger partial charge in [0.25, 0.3) is 0 Å². The predicted molar refractivity (Wildman–Crippen MR) is 164 cm³/mol. The zero-order valence-corrected chi connectivity index (χ0v) is 26.5. The van der Waals surface area contributed by atoms with E-state index in [2.05, 4.69) is 0 Å². The van der Waals surface area contributed by atoms with Gasteiger partial charge in [0.05, 0.1) is 17.1 Å². The van der Waals surface area contributed by atoms with Crippen molar-refractivity contribution in [1.29, 1.82) is 0 Å². The Kier molecular flexibility index (Phi) is 11.7. The van der Waals surface area contributed by atoms with Gasteiger partial charge in [0.2, 0.25) is 23.8 Å². The zero-order chi connectivity index (χ0) is 29.5. The fourth-order valence-electron chi connectivity index (χ4n) is 3.77. The first-order valence-corrected chi connectivity index (χ1v) is 12.4. The van der Waals surface area contributed by atoms with Gasteiger partial charge in [-0.1, -0.05) is 0 Å². The topological polar surface area (TPSA) is 75.4 Å². The molecule has 0 bridgehead atoms. The smallest absolute Gasteiger partial charge is 0.200 e. The Hall–Kier alpha value is -3.70. The van der Waals surface area contributed by atoms with Crippen molar-refractivity contribution in [2.45, 2.75) is 0 Å².